The molecule has 0 fully saturated rings. The third kappa shape index (κ3) is 5.55. The summed E-state index contributed by atoms with van der Waals surface area (Å²) in [4.78, 5) is 26.7. The van der Waals surface area contributed by atoms with E-state index in [0.717, 1.165) is 13.4 Å². The lowest BCUT2D eigenvalue weighted by atomic mass is 9.88. The zero-order valence-electron chi connectivity index (χ0n) is 13.3. The average molecular weight is 354 g/mol. The molecule has 0 aromatic heterocycles. The molecule has 0 heterocycles. The maximum atomic E-state index is 11.8. The molecule has 9 heteroatoms. The minimum atomic E-state index is -3.44. The summed E-state index contributed by atoms with van der Waals surface area (Å²) >= 11 is 0. The molecule has 1 unspecified atom stereocenters. The number of nitrogens with zero attached hydrogens (tertiary/aromatic N) is 1. The van der Waals surface area contributed by atoms with Crippen molar-refractivity contribution in [2.45, 2.75) is 18.4 Å². The Morgan fingerprint density at radius 1 is 1.42 bits per heavy atom. The van der Waals surface area contributed by atoms with E-state index in [1.54, 1.807) is 18.2 Å². The number of alkyl carbamates (subject to hydrolysis) is 1. The van der Waals surface area contributed by atoms with Gasteiger partial charge in [0.05, 0.1) is 19.4 Å². The van der Waals surface area contributed by atoms with E-state index in [1.165, 1.54) is 6.07 Å². The molecule has 2 N–H and O–H groups in total. The normalized spacial score (nSPS) is 13.4. The van der Waals surface area contributed by atoms with Crippen LogP contribution in [0.5, 0.6) is 0 Å². The molecule has 0 saturated heterocycles. The van der Waals surface area contributed by atoms with Crippen LogP contribution in [0.3, 0.4) is 0 Å². The fraction of sp³-hybridized carbons (Fsp3) is 0.400. The number of carboxylic acids is 1. The highest BCUT2D eigenvalue weighted by molar-refractivity contribution is 7.90. The van der Waals surface area contributed by atoms with Crippen molar-refractivity contribution in [1.29, 1.82) is 0 Å². The maximum absolute atomic E-state index is 11.8. The van der Waals surface area contributed by atoms with Crippen molar-refractivity contribution in [3.63, 3.8) is 0 Å². The Labute approximate surface area is 140 Å². The number of aliphatic carboxylic acids is 1. The van der Waals surface area contributed by atoms with E-state index in [-0.39, 0.29) is 12.8 Å². The van der Waals surface area contributed by atoms with Crippen LogP contribution in [0.2, 0.25) is 0 Å². The predicted octanol–water partition coefficient (Wildman–Crippen LogP) is 1.39. The van der Waals surface area contributed by atoms with Crippen molar-refractivity contribution in [3.8, 4) is 0 Å². The first-order chi connectivity index (χ1) is 11.1. The van der Waals surface area contributed by atoms with Gasteiger partial charge in [-0.2, -0.15) is 0 Å². The second-order valence-corrected chi connectivity index (χ2v) is 7.60. The lowest BCUT2D eigenvalue weighted by molar-refractivity contribution is -0.144. The van der Waals surface area contributed by atoms with E-state index in [4.69, 9.17) is 6.57 Å². The summed E-state index contributed by atoms with van der Waals surface area (Å²) < 4.78 is 27.3. The summed E-state index contributed by atoms with van der Waals surface area (Å²) in [5.74, 6) is -1.81. The summed E-state index contributed by atoms with van der Waals surface area (Å²) in [7, 11) is -2.36. The van der Waals surface area contributed by atoms with Gasteiger partial charge >= 0.3 is 12.1 Å². The predicted molar refractivity (Wildman–Crippen MR) is 86.6 cm³/mol. The minimum Gasteiger partial charge on any atom is -0.479 e. The molecule has 0 aliphatic carbocycles. The smallest absolute Gasteiger partial charge is 0.407 e. The minimum absolute atomic E-state index is 0.184. The largest absolute Gasteiger partial charge is 0.479 e. The van der Waals surface area contributed by atoms with E-state index < -0.39 is 33.2 Å². The van der Waals surface area contributed by atoms with Crippen LogP contribution >= 0.6 is 0 Å². The third-order valence-electron chi connectivity index (χ3n) is 3.38. The summed E-state index contributed by atoms with van der Waals surface area (Å²) in [5.41, 5.74) is -1.07. The summed E-state index contributed by atoms with van der Waals surface area (Å²) in [5, 5.41) is 11.9. The number of amides is 1. The van der Waals surface area contributed by atoms with Gasteiger partial charge in [-0.25, -0.2) is 22.9 Å². The molecule has 0 aliphatic rings. The molecule has 0 spiro atoms. The molecule has 1 amide bonds. The van der Waals surface area contributed by atoms with Gasteiger partial charge in [-0.05, 0) is 6.42 Å². The van der Waals surface area contributed by atoms with Crippen LogP contribution in [-0.4, -0.2) is 50.2 Å². The van der Waals surface area contributed by atoms with E-state index in [9.17, 15) is 23.1 Å². The number of carbonyl (C=O) groups excluding carboxylic acids is 1. The number of sulfone groups is 1. The van der Waals surface area contributed by atoms with Crippen molar-refractivity contribution in [3.05, 3.63) is 41.2 Å². The first-order valence-corrected chi connectivity index (χ1v) is 8.91. The molecule has 130 valence electrons. The van der Waals surface area contributed by atoms with Crippen LogP contribution in [0.25, 0.3) is 4.85 Å². The van der Waals surface area contributed by atoms with Gasteiger partial charge in [0, 0.05) is 12.7 Å². The fourth-order valence-corrected chi connectivity index (χ4v) is 2.84. The van der Waals surface area contributed by atoms with Crippen LogP contribution < -0.4 is 5.32 Å². The third-order valence-corrected chi connectivity index (χ3v) is 4.33. The summed E-state index contributed by atoms with van der Waals surface area (Å²) in [6.07, 6.45) is -0.515. The average Bonchev–Trinajstić information content (AvgIpc) is 2.51. The number of hydrogen-bond donors (Lipinski definition) is 2. The number of nitrogens with one attached hydrogen (secondary N) is 1. The highest BCUT2D eigenvalue weighted by Gasteiger charge is 2.41. The number of methoxy groups -OCH3 is 1. The van der Waals surface area contributed by atoms with Gasteiger partial charge in [0.2, 0.25) is 0 Å². The van der Waals surface area contributed by atoms with Gasteiger partial charge in [0.15, 0.2) is 5.69 Å². The van der Waals surface area contributed by atoms with Crippen molar-refractivity contribution in [2.75, 3.05) is 19.1 Å². The first kappa shape index (κ1) is 19.4. The van der Waals surface area contributed by atoms with Gasteiger partial charge in [-0.3, -0.25) is 0 Å². The van der Waals surface area contributed by atoms with E-state index in [1.807, 2.05) is 0 Å². The molecule has 0 radical (unpaired) electrons. The number of hydrogen-bond acceptors (Lipinski definition) is 5. The van der Waals surface area contributed by atoms with Crippen molar-refractivity contribution in [1.82, 2.24) is 5.32 Å². The van der Waals surface area contributed by atoms with Gasteiger partial charge in [-0.1, -0.05) is 29.8 Å². The lowest BCUT2D eigenvalue weighted by Gasteiger charge is -2.30. The number of carboxylic acid groups (broad SMARTS) is 1. The molecular weight excluding hydrogens is 336 g/mol. The van der Waals surface area contributed by atoms with E-state index in [2.05, 4.69) is 14.9 Å². The molecule has 0 aliphatic heterocycles. The number of carbonyl (C=O) groups is 2. The van der Waals surface area contributed by atoms with Crippen LogP contribution in [0, 0.1) is 6.57 Å². The van der Waals surface area contributed by atoms with Crippen molar-refractivity contribution < 1.29 is 27.9 Å². The Balaban J connectivity index is 3.24. The first-order valence-electron chi connectivity index (χ1n) is 6.85. The number of benzene rings is 1. The highest BCUT2D eigenvalue weighted by Crippen LogP contribution is 2.23. The highest BCUT2D eigenvalue weighted by atomic mass is 32.2. The molecule has 1 aromatic carbocycles. The van der Waals surface area contributed by atoms with Gasteiger partial charge < -0.3 is 15.2 Å². The topological polar surface area (TPSA) is 114 Å². The van der Waals surface area contributed by atoms with Gasteiger partial charge in [0.1, 0.15) is 15.4 Å². The molecule has 1 atom stereocenters. The molecule has 0 bridgehead atoms. The number of rotatable bonds is 7. The summed E-state index contributed by atoms with van der Waals surface area (Å²) in [6.45, 7) is 7.00. The van der Waals surface area contributed by atoms with Crippen molar-refractivity contribution in [2.24, 2.45) is 0 Å². The Morgan fingerprint density at radius 3 is 2.58 bits per heavy atom. The molecule has 24 heavy (non-hydrogen) atoms. The standard InChI is InChI=1S/C15H18N2O6S/c1-16-12-6-4-5-11(9-12)10-15(13(18)19,17-14(20)23-2)7-8-24(3,21)22/h4-6,9H,7-8,10H2,2-3H3,(H,17,20)(H,18,19). The molecule has 1 aromatic rings. The molecule has 0 saturated carbocycles. The molecule has 1 rings (SSSR count). The monoisotopic (exact) mass is 354 g/mol. The second kappa shape index (κ2) is 7.79. The van der Waals surface area contributed by atoms with E-state index >= 15 is 0 Å². The molecular formula is C15H18N2O6S. The van der Waals surface area contributed by atoms with Crippen LogP contribution in [0.15, 0.2) is 24.3 Å². The maximum Gasteiger partial charge on any atom is 0.407 e. The van der Waals surface area contributed by atoms with Crippen LogP contribution in [0.4, 0.5) is 10.5 Å². The van der Waals surface area contributed by atoms with Gasteiger partial charge in [-0.15, -0.1) is 0 Å². The van der Waals surface area contributed by atoms with Crippen LogP contribution in [0.1, 0.15) is 12.0 Å². The quantitative estimate of drug-likeness (QED) is 0.715. The van der Waals surface area contributed by atoms with E-state index in [0.29, 0.717) is 11.3 Å². The fourth-order valence-electron chi connectivity index (χ4n) is 2.12. The zero-order chi connectivity index (χ0) is 18.4. The Bertz CT molecular complexity index is 768. The van der Waals surface area contributed by atoms with Crippen LogP contribution in [-0.2, 0) is 25.8 Å². The Morgan fingerprint density at radius 2 is 2.08 bits per heavy atom. The second-order valence-electron chi connectivity index (χ2n) is 5.34. The van der Waals surface area contributed by atoms with Gasteiger partial charge in [0.25, 0.3) is 0 Å². The summed E-state index contributed by atoms with van der Waals surface area (Å²) in [6, 6.07) is 6.24. The SMILES string of the molecule is [C-]#[N+]c1cccc(CC(CCS(C)(=O)=O)(NC(=O)OC)C(=O)O)c1. The Hall–Kier alpha value is -2.60. The number of ether oxygens (including phenoxy) is 1. The van der Waals surface area contributed by atoms with Crippen molar-refractivity contribution >= 4 is 27.6 Å². The Kier molecular flexibility index (Phi) is 6.31. The zero-order valence-corrected chi connectivity index (χ0v) is 14.1. The molecule has 8 nitrogen and oxygen atoms in total. The lowest BCUT2D eigenvalue weighted by Crippen LogP contribution is -2.57.